The highest BCUT2D eigenvalue weighted by atomic mass is 32.2. The van der Waals surface area contributed by atoms with Crippen LogP contribution in [0.4, 0.5) is 0 Å². The molecule has 0 amide bonds. The number of hydrogen-bond acceptors (Lipinski definition) is 2. The topological polar surface area (TPSA) is 23.8 Å². The fourth-order valence-electron chi connectivity index (χ4n) is 1.15. The average Bonchev–Trinajstić information content (AvgIpc) is 2.26. The molecule has 1 nitrogen and oxygen atoms in total. The van der Waals surface area contributed by atoms with E-state index < -0.39 is 0 Å². The molecule has 0 bridgehead atoms. The lowest BCUT2D eigenvalue weighted by atomic mass is 10.1. The van der Waals surface area contributed by atoms with Gasteiger partial charge < -0.3 is 0 Å². The van der Waals surface area contributed by atoms with Crippen LogP contribution in [0.1, 0.15) is 31.9 Å². The Balaban J connectivity index is 2.55. The number of hydrogen-bond donors (Lipinski definition) is 0. The average molecular weight is 219 g/mol. The summed E-state index contributed by atoms with van der Waals surface area (Å²) >= 11 is 1.95. The van der Waals surface area contributed by atoms with E-state index >= 15 is 0 Å². The summed E-state index contributed by atoms with van der Waals surface area (Å²) in [5.41, 5.74) is 2.00. The van der Waals surface area contributed by atoms with E-state index in [0.717, 1.165) is 11.3 Å². The maximum absolute atomic E-state index is 8.77. The van der Waals surface area contributed by atoms with E-state index in [4.69, 9.17) is 5.26 Å². The zero-order chi connectivity index (χ0) is 11.3. The van der Waals surface area contributed by atoms with Gasteiger partial charge in [-0.15, -0.1) is 0 Å². The van der Waals surface area contributed by atoms with Gasteiger partial charge in [0.05, 0.1) is 11.6 Å². The Kier molecular flexibility index (Phi) is 4.71. The van der Waals surface area contributed by atoms with Gasteiger partial charge in [0.25, 0.3) is 0 Å². The van der Waals surface area contributed by atoms with Gasteiger partial charge in [-0.25, -0.2) is 0 Å². The smallest absolute Gasteiger partial charge is 0.0991 e. The monoisotopic (exact) mass is 219 g/mol. The second kappa shape index (κ2) is 5.82. The molecule has 2 heteroatoms. The predicted molar refractivity (Wildman–Crippen MR) is 66.8 cm³/mol. The quantitative estimate of drug-likeness (QED) is 0.768. The Bertz CT molecular complexity index is 352. The summed E-state index contributed by atoms with van der Waals surface area (Å²) in [7, 11) is 0. The minimum atomic E-state index is 0.663. The standard InChI is InChI=1S/C13H17NS/c1-10(2)11(3)15-9-13-6-4-5-12(7-13)8-14/h4-7,10-11H,9H2,1-3H3. The lowest BCUT2D eigenvalue weighted by Gasteiger charge is -2.14. The van der Waals surface area contributed by atoms with Crippen molar-refractivity contribution in [1.29, 1.82) is 5.26 Å². The fourth-order valence-corrected chi connectivity index (χ4v) is 2.17. The van der Waals surface area contributed by atoms with Crippen LogP contribution >= 0.6 is 11.8 Å². The Morgan fingerprint density at radius 2 is 2.07 bits per heavy atom. The molecule has 1 aromatic carbocycles. The highest BCUT2D eigenvalue weighted by Crippen LogP contribution is 2.23. The number of benzene rings is 1. The summed E-state index contributed by atoms with van der Waals surface area (Å²) in [6.07, 6.45) is 0. The van der Waals surface area contributed by atoms with Gasteiger partial charge in [-0.2, -0.15) is 17.0 Å². The van der Waals surface area contributed by atoms with Gasteiger partial charge in [-0.1, -0.05) is 32.9 Å². The Morgan fingerprint density at radius 3 is 2.67 bits per heavy atom. The summed E-state index contributed by atoms with van der Waals surface area (Å²) in [5, 5.41) is 9.43. The molecule has 1 atom stereocenters. The molecule has 0 N–H and O–H groups in total. The first-order chi connectivity index (χ1) is 7.13. The molecule has 0 aliphatic carbocycles. The molecular formula is C13H17NS. The molecule has 0 heterocycles. The Morgan fingerprint density at radius 1 is 1.33 bits per heavy atom. The number of nitrogens with zero attached hydrogens (tertiary/aromatic N) is 1. The Labute approximate surface area is 96.5 Å². The molecule has 0 saturated heterocycles. The van der Waals surface area contributed by atoms with Crippen molar-refractivity contribution in [3.05, 3.63) is 35.4 Å². The second-order valence-corrected chi connectivity index (χ2v) is 5.44. The van der Waals surface area contributed by atoms with Crippen molar-refractivity contribution in [2.75, 3.05) is 0 Å². The van der Waals surface area contributed by atoms with Crippen molar-refractivity contribution in [2.45, 2.75) is 31.8 Å². The van der Waals surface area contributed by atoms with Crippen LogP contribution in [0.15, 0.2) is 24.3 Å². The summed E-state index contributed by atoms with van der Waals surface area (Å²) < 4.78 is 0. The molecular weight excluding hydrogens is 202 g/mol. The molecule has 0 saturated carbocycles. The van der Waals surface area contributed by atoms with E-state index in [1.165, 1.54) is 5.56 Å². The molecule has 0 fully saturated rings. The SMILES string of the molecule is CC(C)C(C)SCc1cccc(C#N)c1. The largest absolute Gasteiger partial charge is 0.192 e. The minimum Gasteiger partial charge on any atom is -0.192 e. The van der Waals surface area contributed by atoms with E-state index in [2.05, 4.69) is 32.9 Å². The minimum absolute atomic E-state index is 0.663. The molecule has 0 aliphatic heterocycles. The number of nitriles is 1. The van der Waals surface area contributed by atoms with Gasteiger partial charge in [-0.05, 0) is 23.6 Å². The van der Waals surface area contributed by atoms with Gasteiger partial charge in [-0.3, -0.25) is 0 Å². The highest BCUT2D eigenvalue weighted by molar-refractivity contribution is 7.99. The third-order valence-electron chi connectivity index (χ3n) is 2.51. The van der Waals surface area contributed by atoms with Crippen molar-refractivity contribution in [1.82, 2.24) is 0 Å². The molecule has 1 aromatic rings. The molecule has 15 heavy (non-hydrogen) atoms. The summed E-state index contributed by atoms with van der Waals surface area (Å²) in [5.74, 6) is 1.70. The van der Waals surface area contributed by atoms with Gasteiger partial charge >= 0.3 is 0 Å². The van der Waals surface area contributed by atoms with Gasteiger partial charge in [0.1, 0.15) is 0 Å². The van der Waals surface area contributed by atoms with Crippen LogP contribution in [0.2, 0.25) is 0 Å². The van der Waals surface area contributed by atoms with Crippen molar-refractivity contribution in [2.24, 2.45) is 5.92 Å². The summed E-state index contributed by atoms with van der Waals surface area (Å²) in [4.78, 5) is 0. The van der Waals surface area contributed by atoms with Crippen LogP contribution in [0.5, 0.6) is 0 Å². The zero-order valence-corrected chi connectivity index (χ0v) is 10.3. The van der Waals surface area contributed by atoms with Crippen LogP contribution < -0.4 is 0 Å². The van der Waals surface area contributed by atoms with Gasteiger partial charge in [0.15, 0.2) is 0 Å². The van der Waals surface area contributed by atoms with Crippen molar-refractivity contribution < 1.29 is 0 Å². The van der Waals surface area contributed by atoms with Crippen molar-refractivity contribution in [3.63, 3.8) is 0 Å². The lowest BCUT2D eigenvalue weighted by Crippen LogP contribution is -2.05. The van der Waals surface area contributed by atoms with E-state index in [9.17, 15) is 0 Å². The predicted octanol–water partition coefficient (Wildman–Crippen LogP) is 3.84. The van der Waals surface area contributed by atoms with Crippen LogP contribution in [-0.2, 0) is 5.75 Å². The van der Waals surface area contributed by atoms with Gasteiger partial charge in [0, 0.05) is 11.0 Å². The molecule has 0 aromatic heterocycles. The molecule has 1 rings (SSSR count). The maximum atomic E-state index is 8.77. The molecule has 80 valence electrons. The molecule has 0 radical (unpaired) electrons. The van der Waals surface area contributed by atoms with Crippen LogP contribution in [-0.4, -0.2) is 5.25 Å². The fraction of sp³-hybridized carbons (Fsp3) is 0.462. The number of thioether (sulfide) groups is 1. The van der Waals surface area contributed by atoms with Crippen molar-refractivity contribution >= 4 is 11.8 Å². The first-order valence-electron chi connectivity index (χ1n) is 5.24. The normalized spacial score (nSPS) is 12.5. The first-order valence-corrected chi connectivity index (χ1v) is 6.29. The third-order valence-corrected chi connectivity index (χ3v) is 4.08. The molecule has 0 aliphatic rings. The highest BCUT2D eigenvalue weighted by Gasteiger charge is 2.07. The second-order valence-electron chi connectivity index (χ2n) is 4.07. The number of rotatable bonds is 4. The van der Waals surface area contributed by atoms with Crippen LogP contribution in [0, 0.1) is 17.2 Å². The van der Waals surface area contributed by atoms with E-state index in [-0.39, 0.29) is 0 Å². The van der Waals surface area contributed by atoms with E-state index in [1.807, 2.05) is 30.0 Å². The first kappa shape index (κ1) is 12.1. The summed E-state index contributed by atoms with van der Waals surface area (Å²) in [6, 6.07) is 10.0. The maximum Gasteiger partial charge on any atom is 0.0991 e. The third kappa shape index (κ3) is 3.97. The van der Waals surface area contributed by atoms with E-state index in [0.29, 0.717) is 11.2 Å². The zero-order valence-electron chi connectivity index (χ0n) is 9.53. The lowest BCUT2D eigenvalue weighted by molar-refractivity contribution is 0.642. The molecule has 0 spiro atoms. The van der Waals surface area contributed by atoms with Gasteiger partial charge in [0.2, 0.25) is 0 Å². The molecule has 1 unspecified atom stereocenters. The van der Waals surface area contributed by atoms with E-state index in [1.54, 1.807) is 0 Å². The van der Waals surface area contributed by atoms with Crippen molar-refractivity contribution in [3.8, 4) is 6.07 Å². The summed E-state index contributed by atoms with van der Waals surface area (Å²) in [6.45, 7) is 6.73. The van der Waals surface area contributed by atoms with Crippen LogP contribution in [0.25, 0.3) is 0 Å². The van der Waals surface area contributed by atoms with Crippen LogP contribution in [0.3, 0.4) is 0 Å². The Hall–Kier alpha value is -0.940.